The Kier molecular flexibility index (Phi) is 16.8. The lowest BCUT2D eigenvalue weighted by molar-refractivity contribution is -0.156. The molecular formula is C21H42O3. The van der Waals surface area contributed by atoms with Gasteiger partial charge in [-0.3, -0.25) is 4.79 Å². The molecule has 3 heteroatoms. The summed E-state index contributed by atoms with van der Waals surface area (Å²) >= 11 is 0. The number of hydrogen-bond acceptors (Lipinski definition) is 3. The van der Waals surface area contributed by atoms with Crippen LogP contribution in [-0.4, -0.2) is 23.8 Å². The quantitative estimate of drug-likeness (QED) is 0.259. The summed E-state index contributed by atoms with van der Waals surface area (Å²) in [7, 11) is 0. The van der Waals surface area contributed by atoms with E-state index in [-0.39, 0.29) is 24.6 Å². The number of carbonyl (C=O) groups is 1. The minimum Gasteiger partial charge on any atom is -0.460 e. The fourth-order valence-electron chi connectivity index (χ4n) is 2.85. The van der Waals surface area contributed by atoms with Gasteiger partial charge in [-0.1, -0.05) is 91.4 Å². The van der Waals surface area contributed by atoms with E-state index in [1.165, 1.54) is 70.6 Å². The molecule has 0 saturated heterocycles. The van der Waals surface area contributed by atoms with Gasteiger partial charge in [0, 0.05) is 0 Å². The molecule has 0 rings (SSSR count). The van der Waals surface area contributed by atoms with Crippen LogP contribution in [0.5, 0.6) is 0 Å². The molecular weight excluding hydrogens is 300 g/mol. The molecule has 0 bridgehead atoms. The molecule has 0 radical (unpaired) electrons. The standard InChI is InChI=1S/C21H42O3/c1-4-6-7-8-9-10-11-12-13-14-15-16-17-20(18-22)24-21(23)19(3)5-2/h19-20,22H,4-18H2,1-3H3. The van der Waals surface area contributed by atoms with Gasteiger partial charge in [0.05, 0.1) is 12.5 Å². The zero-order chi connectivity index (χ0) is 18.0. The van der Waals surface area contributed by atoms with Crippen molar-refractivity contribution >= 4 is 5.97 Å². The van der Waals surface area contributed by atoms with E-state index in [0.29, 0.717) is 0 Å². The van der Waals surface area contributed by atoms with Gasteiger partial charge >= 0.3 is 5.97 Å². The van der Waals surface area contributed by atoms with Crippen molar-refractivity contribution in [2.24, 2.45) is 5.92 Å². The number of aliphatic hydroxyl groups is 1. The molecule has 1 N–H and O–H groups in total. The zero-order valence-corrected chi connectivity index (χ0v) is 16.5. The first kappa shape index (κ1) is 23.4. The van der Waals surface area contributed by atoms with Crippen molar-refractivity contribution in [2.75, 3.05) is 6.61 Å². The lowest BCUT2D eigenvalue weighted by atomic mass is 10.0. The van der Waals surface area contributed by atoms with Crippen molar-refractivity contribution < 1.29 is 14.6 Å². The number of rotatable bonds is 17. The van der Waals surface area contributed by atoms with Crippen LogP contribution >= 0.6 is 0 Å². The maximum Gasteiger partial charge on any atom is 0.308 e. The second-order valence-corrected chi connectivity index (χ2v) is 7.23. The molecule has 2 atom stereocenters. The Bertz CT molecular complexity index is 278. The van der Waals surface area contributed by atoms with E-state index in [2.05, 4.69) is 6.92 Å². The summed E-state index contributed by atoms with van der Waals surface area (Å²) in [4.78, 5) is 11.7. The predicted octanol–water partition coefficient (Wildman–Crippen LogP) is 6.03. The highest BCUT2D eigenvalue weighted by Crippen LogP contribution is 2.14. The molecule has 0 aliphatic rings. The van der Waals surface area contributed by atoms with Gasteiger partial charge in [0.1, 0.15) is 6.10 Å². The number of hydrogen-bond donors (Lipinski definition) is 1. The fraction of sp³-hybridized carbons (Fsp3) is 0.952. The Morgan fingerprint density at radius 1 is 0.833 bits per heavy atom. The van der Waals surface area contributed by atoms with Crippen LogP contribution in [0.1, 0.15) is 111 Å². The van der Waals surface area contributed by atoms with E-state index in [4.69, 9.17) is 4.74 Å². The van der Waals surface area contributed by atoms with Crippen molar-refractivity contribution in [1.29, 1.82) is 0 Å². The van der Waals surface area contributed by atoms with E-state index in [1.807, 2.05) is 13.8 Å². The van der Waals surface area contributed by atoms with Crippen molar-refractivity contribution in [2.45, 2.75) is 117 Å². The normalized spacial score (nSPS) is 13.7. The van der Waals surface area contributed by atoms with Crippen LogP contribution in [0, 0.1) is 5.92 Å². The third-order valence-corrected chi connectivity index (χ3v) is 4.88. The summed E-state index contributed by atoms with van der Waals surface area (Å²) in [6.45, 7) is 6.06. The van der Waals surface area contributed by atoms with Crippen molar-refractivity contribution in [3.05, 3.63) is 0 Å². The minimum atomic E-state index is -0.311. The molecule has 2 unspecified atom stereocenters. The van der Waals surface area contributed by atoms with Crippen LogP contribution in [0.2, 0.25) is 0 Å². The molecule has 0 fully saturated rings. The Hall–Kier alpha value is -0.570. The molecule has 0 spiro atoms. The van der Waals surface area contributed by atoms with Crippen LogP contribution < -0.4 is 0 Å². The highest BCUT2D eigenvalue weighted by molar-refractivity contribution is 5.72. The number of aliphatic hydroxyl groups excluding tert-OH is 1. The largest absolute Gasteiger partial charge is 0.460 e. The average Bonchev–Trinajstić information content (AvgIpc) is 2.60. The summed E-state index contributed by atoms with van der Waals surface area (Å²) in [6.07, 6.45) is 17.1. The van der Waals surface area contributed by atoms with Gasteiger partial charge in [-0.2, -0.15) is 0 Å². The van der Waals surface area contributed by atoms with E-state index >= 15 is 0 Å². The van der Waals surface area contributed by atoms with Gasteiger partial charge in [0.2, 0.25) is 0 Å². The maximum absolute atomic E-state index is 11.7. The zero-order valence-electron chi connectivity index (χ0n) is 16.5. The predicted molar refractivity (Wildman–Crippen MR) is 102 cm³/mol. The smallest absolute Gasteiger partial charge is 0.308 e. The van der Waals surface area contributed by atoms with Crippen molar-refractivity contribution in [1.82, 2.24) is 0 Å². The Morgan fingerprint density at radius 2 is 1.29 bits per heavy atom. The lowest BCUT2D eigenvalue weighted by Gasteiger charge is -2.17. The highest BCUT2D eigenvalue weighted by atomic mass is 16.6. The number of esters is 1. The summed E-state index contributed by atoms with van der Waals surface area (Å²) in [5.74, 6) is -0.239. The summed E-state index contributed by atoms with van der Waals surface area (Å²) in [5.41, 5.74) is 0. The molecule has 0 aliphatic heterocycles. The topological polar surface area (TPSA) is 46.5 Å². The summed E-state index contributed by atoms with van der Waals surface area (Å²) in [6, 6.07) is 0. The van der Waals surface area contributed by atoms with Crippen LogP contribution in [0.4, 0.5) is 0 Å². The number of carbonyl (C=O) groups excluding carboxylic acids is 1. The van der Waals surface area contributed by atoms with Gasteiger partial charge in [0.25, 0.3) is 0 Å². The number of ether oxygens (including phenoxy) is 1. The molecule has 0 aliphatic carbocycles. The first-order chi connectivity index (χ1) is 11.7. The first-order valence-electron chi connectivity index (χ1n) is 10.5. The molecule has 0 aromatic carbocycles. The van der Waals surface area contributed by atoms with Crippen LogP contribution in [0.25, 0.3) is 0 Å². The average molecular weight is 343 g/mol. The molecule has 24 heavy (non-hydrogen) atoms. The lowest BCUT2D eigenvalue weighted by Crippen LogP contribution is -2.25. The third kappa shape index (κ3) is 13.8. The molecule has 0 aromatic rings. The van der Waals surface area contributed by atoms with Crippen LogP contribution in [-0.2, 0) is 9.53 Å². The van der Waals surface area contributed by atoms with E-state index in [9.17, 15) is 9.90 Å². The summed E-state index contributed by atoms with van der Waals surface area (Å²) < 4.78 is 5.36. The minimum absolute atomic E-state index is 0.0554. The monoisotopic (exact) mass is 342 g/mol. The Morgan fingerprint density at radius 3 is 1.71 bits per heavy atom. The molecule has 144 valence electrons. The number of unbranched alkanes of at least 4 members (excludes halogenated alkanes) is 11. The first-order valence-corrected chi connectivity index (χ1v) is 10.5. The second kappa shape index (κ2) is 17.3. The van der Waals surface area contributed by atoms with Gasteiger partial charge in [-0.15, -0.1) is 0 Å². The van der Waals surface area contributed by atoms with Gasteiger partial charge in [-0.05, 0) is 19.3 Å². The molecule has 3 nitrogen and oxygen atoms in total. The maximum atomic E-state index is 11.7. The molecule has 0 saturated carbocycles. The molecule has 0 aromatic heterocycles. The SMILES string of the molecule is CCCCCCCCCCCCCCC(CO)OC(=O)C(C)CC. The molecule has 0 heterocycles. The Labute approximate surface area is 150 Å². The third-order valence-electron chi connectivity index (χ3n) is 4.88. The molecule has 0 amide bonds. The summed E-state index contributed by atoms with van der Waals surface area (Å²) in [5, 5.41) is 9.33. The van der Waals surface area contributed by atoms with E-state index in [1.54, 1.807) is 0 Å². The second-order valence-electron chi connectivity index (χ2n) is 7.23. The Balaban J connectivity index is 3.42. The van der Waals surface area contributed by atoms with Crippen LogP contribution in [0.15, 0.2) is 0 Å². The van der Waals surface area contributed by atoms with Crippen LogP contribution in [0.3, 0.4) is 0 Å². The van der Waals surface area contributed by atoms with Gasteiger partial charge in [0.15, 0.2) is 0 Å². The van der Waals surface area contributed by atoms with E-state index < -0.39 is 0 Å². The van der Waals surface area contributed by atoms with E-state index in [0.717, 1.165) is 19.3 Å². The van der Waals surface area contributed by atoms with Gasteiger partial charge in [-0.25, -0.2) is 0 Å². The van der Waals surface area contributed by atoms with Gasteiger partial charge < -0.3 is 9.84 Å². The van der Waals surface area contributed by atoms with Crippen molar-refractivity contribution in [3.63, 3.8) is 0 Å². The fourth-order valence-corrected chi connectivity index (χ4v) is 2.85. The van der Waals surface area contributed by atoms with Crippen molar-refractivity contribution in [3.8, 4) is 0 Å². The highest BCUT2D eigenvalue weighted by Gasteiger charge is 2.17.